The van der Waals surface area contributed by atoms with E-state index in [0.29, 0.717) is 11.5 Å². The fourth-order valence-corrected chi connectivity index (χ4v) is 2.06. The fraction of sp³-hybridized carbons (Fsp3) is 0.667. The summed E-state index contributed by atoms with van der Waals surface area (Å²) in [5.41, 5.74) is 1.51. The highest BCUT2D eigenvalue weighted by atomic mass is 16.1. The minimum atomic E-state index is -0.0228. The molecule has 0 radical (unpaired) electrons. The highest BCUT2D eigenvalue weighted by Crippen LogP contribution is 2.10. The van der Waals surface area contributed by atoms with Crippen molar-refractivity contribution in [1.29, 1.82) is 0 Å². The Morgan fingerprint density at radius 3 is 2.41 bits per heavy atom. The molecule has 1 N–H and O–H groups in total. The van der Waals surface area contributed by atoms with Gasteiger partial charge in [0.05, 0.1) is 0 Å². The van der Waals surface area contributed by atoms with Crippen molar-refractivity contribution in [3.63, 3.8) is 0 Å². The first kappa shape index (κ1) is 12.1. The number of aryl methyl sites for hydroxylation is 1. The zero-order valence-electron chi connectivity index (χ0n) is 10.8. The molecular weight excluding hydrogens is 216 g/mol. The van der Waals surface area contributed by atoms with Crippen LogP contribution < -0.4 is 10.5 Å². The van der Waals surface area contributed by atoms with Gasteiger partial charge in [-0.3, -0.25) is 9.78 Å². The molecule has 0 atom stereocenters. The minimum Gasteiger partial charge on any atom is -0.340 e. The number of hydrogen-bond donors (Lipinski definition) is 1. The van der Waals surface area contributed by atoms with Crippen molar-refractivity contribution >= 4 is 5.95 Å². The number of nitrogens with one attached hydrogen (secondary N) is 1. The summed E-state index contributed by atoms with van der Waals surface area (Å²) in [7, 11) is 0. The topological polar surface area (TPSA) is 52.2 Å². The van der Waals surface area contributed by atoms with Crippen LogP contribution in [0.25, 0.3) is 0 Å². The summed E-state index contributed by atoms with van der Waals surface area (Å²) >= 11 is 0. The normalized spacial score (nSPS) is 17.5. The number of nitrogens with zero attached hydrogens (tertiary/aromatic N) is 3. The third-order valence-electron chi connectivity index (χ3n) is 3.50. The molecule has 17 heavy (non-hydrogen) atoms. The lowest BCUT2D eigenvalue weighted by Gasteiger charge is -2.34. The molecule has 1 aromatic heterocycles. The van der Waals surface area contributed by atoms with E-state index >= 15 is 0 Å². The Kier molecular flexibility index (Phi) is 3.47. The molecule has 0 spiro atoms. The van der Waals surface area contributed by atoms with Gasteiger partial charge < -0.3 is 9.80 Å². The van der Waals surface area contributed by atoms with Crippen molar-refractivity contribution in [2.24, 2.45) is 0 Å². The molecule has 0 amide bonds. The summed E-state index contributed by atoms with van der Waals surface area (Å²) in [5.74, 6) is 0.717. The number of hydrogen-bond acceptors (Lipinski definition) is 4. The van der Waals surface area contributed by atoms with Gasteiger partial charge in [0.25, 0.3) is 5.56 Å². The Bertz CT molecular complexity index is 446. The quantitative estimate of drug-likeness (QED) is 0.814. The van der Waals surface area contributed by atoms with Crippen LogP contribution in [-0.4, -0.2) is 47.6 Å². The molecule has 1 saturated heterocycles. The second-order valence-electron chi connectivity index (χ2n) is 4.52. The number of anilines is 1. The van der Waals surface area contributed by atoms with Crippen LogP contribution in [0.15, 0.2) is 4.79 Å². The van der Waals surface area contributed by atoms with Crippen molar-refractivity contribution < 1.29 is 0 Å². The van der Waals surface area contributed by atoms with Gasteiger partial charge in [-0.15, -0.1) is 0 Å². The van der Waals surface area contributed by atoms with Crippen LogP contribution in [0, 0.1) is 13.8 Å². The van der Waals surface area contributed by atoms with E-state index in [1.165, 1.54) is 0 Å². The number of aromatic amines is 1. The van der Waals surface area contributed by atoms with Crippen LogP contribution >= 0.6 is 0 Å². The molecule has 0 aromatic carbocycles. The van der Waals surface area contributed by atoms with Crippen LogP contribution in [-0.2, 0) is 0 Å². The highest BCUT2D eigenvalue weighted by molar-refractivity contribution is 5.33. The third-order valence-corrected chi connectivity index (χ3v) is 3.50. The average molecular weight is 236 g/mol. The van der Waals surface area contributed by atoms with E-state index in [1.807, 2.05) is 6.92 Å². The monoisotopic (exact) mass is 236 g/mol. The number of rotatable bonds is 2. The van der Waals surface area contributed by atoms with Gasteiger partial charge in [-0.25, -0.2) is 4.98 Å². The van der Waals surface area contributed by atoms with Crippen LogP contribution in [0.5, 0.6) is 0 Å². The molecule has 5 heteroatoms. The first-order valence-corrected chi connectivity index (χ1v) is 6.16. The summed E-state index contributed by atoms with van der Waals surface area (Å²) in [6.45, 7) is 10.9. The molecule has 0 saturated carbocycles. The van der Waals surface area contributed by atoms with Crippen LogP contribution in [0.4, 0.5) is 5.95 Å². The number of likely N-dealkylation sites (N-methyl/N-ethyl adjacent to an activating group) is 1. The van der Waals surface area contributed by atoms with E-state index in [2.05, 4.69) is 26.7 Å². The Balaban J connectivity index is 2.16. The van der Waals surface area contributed by atoms with E-state index in [0.717, 1.165) is 38.4 Å². The predicted octanol–water partition coefficient (Wildman–Crippen LogP) is 0.529. The zero-order valence-corrected chi connectivity index (χ0v) is 10.8. The lowest BCUT2D eigenvalue weighted by Crippen LogP contribution is -2.47. The van der Waals surface area contributed by atoms with E-state index in [9.17, 15) is 4.79 Å². The maximum absolute atomic E-state index is 11.7. The van der Waals surface area contributed by atoms with Crippen molar-refractivity contribution in [3.8, 4) is 0 Å². The Morgan fingerprint density at radius 2 is 1.88 bits per heavy atom. The van der Waals surface area contributed by atoms with Crippen molar-refractivity contribution in [3.05, 3.63) is 21.6 Å². The van der Waals surface area contributed by atoms with Crippen molar-refractivity contribution in [1.82, 2.24) is 14.9 Å². The fourth-order valence-electron chi connectivity index (χ4n) is 2.06. The lowest BCUT2D eigenvalue weighted by atomic mass is 10.3. The molecule has 0 bridgehead atoms. The Morgan fingerprint density at radius 1 is 1.24 bits per heavy atom. The van der Waals surface area contributed by atoms with Gasteiger partial charge in [0.15, 0.2) is 0 Å². The largest absolute Gasteiger partial charge is 0.340 e. The van der Waals surface area contributed by atoms with Gasteiger partial charge in [-0.2, -0.15) is 0 Å². The number of aromatic nitrogens is 2. The van der Waals surface area contributed by atoms with Crippen molar-refractivity contribution in [2.45, 2.75) is 20.8 Å². The Hall–Kier alpha value is -1.36. The second kappa shape index (κ2) is 4.87. The minimum absolute atomic E-state index is 0.0228. The van der Waals surface area contributed by atoms with Gasteiger partial charge in [0.1, 0.15) is 0 Å². The maximum atomic E-state index is 11.7. The van der Waals surface area contributed by atoms with Gasteiger partial charge in [0, 0.05) is 37.4 Å². The van der Waals surface area contributed by atoms with Gasteiger partial charge >= 0.3 is 0 Å². The lowest BCUT2D eigenvalue weighted by molar-refractivity contribution is 0.270. The summed E-state index contributed by atoms with van der Waals surface area (Å²) in [5, 5.41) is 0. The van der Waals surface area contributed by atoms with Crippen LogP contribution in [0.2, 0.25) is 0 Å². The molecule has 1 aliphatic rings. The van der Waals surface area contributed by atoms with E-state index in [4.69, 9.17) is 0 Å². The molecule has 0 unspecified atom stereocenters. The molecule has 2 rings (SSSR count). The first-order valence-electron chi connectivity index (χ1n) is 6.16. The zero-order chi connectivity index (χ0) is 12.4. The molecule has 94 valence electrons. The standard InChI is InChI=1S/C12H20N4O/c1-4-15-5-7-16(8-6-15)12-13-10(3)9(2)11(17)14-12/h4-8H2,1-3H3,(H,13,14,17). The second-order valence-corrected chi connectivity index (χ2v) is 4.52. The van der Waals surface area contributed by atoms with Crippen LogP contribution in [0.3, 0.4) is 0 Å². The van der Waals surface area contributed by atoms with Gasteiger partial charge in [-0.1, -0.05) is 6.92 Å². The predicted molar refractivity (Wildman–Crippen MR) is 68.7 cm³/mol. The molecule has 2 heterocycles. The van der Waals surface area contributed by atoms with Crippen LogP contribution in [0.1, 0.15) is 18.2 Å². The Labute approximate surface area is 101 Å². The van der Waals surface area contributed by atoms with Gasteiger partial charge in [-0.05, 0) is 20.4 Å². The molecule has 1 aliphatic heterocycles. The van der Waals surface area contributed by atoms with E-state index in [1.54, 1.807) is 6.92 Å². The average Bonchev–Trinajstić information content (AvgIpc) is 2.35. The first-order chi connectivity index (χ1) is 8.11. The molecule has 0 aliphatic carbocycles. The summed E-state index contributed by atoms with van der Waals surface area (Å²) < 4.78 is 0. The highest BCUT2D eigenvalue weighted by Gasteiger charge is 2.18. The maximum Gasteiger partial charge on any atom is 0.255 e. The van der Waals surface area contributed by atoms with E-state index < -0.39 is 0 Å². The summed E-state index contributed by atoms with van der Waals surface area (Å²) in [4.78, 5) is 23.6. The third kappa shape index (κ3) is 2.49. The smallest absolute Gasteiger partial charge is 0.255 e. The summed E-state index contributed by atoms with van der Waals surface area (Å²) in [6.07, 6.45) is 0. The molecule has 1 aromatic rings. The van der Waals surface area contributed by atoms with Crippen molar-refractivity contribution in [2.75, 3.05) is 37.6 Å². The van der Waals surface area contributed by atoms with Gasteiger partial charge in [0.2, 0.25) is 5.95 Å². The SMILES string of the molecule is CCN1CCN(c2nc(C)c(C)c(=O)[nH]2)CC1. The molecule has 1 fully saturated rings. The van der Waals surface area contributed by atoms with E-state index in [-0.39, 0.29) is 5.56 Å². The molecular formula is C12H20N4O. The number of H-pyrrole nitrogens is 1. The molecule has 5 nitrogen and oxygen atoms in total. The summed E-state index contributed by atoms with van der Waals surface area (Å²) in [6, 6.07) is 0. The number of piperazine rings is 1.